The number of hydrogen-bond acceptors (Lipinski definition) is 3. The van der Waals surface area contributed by atoms with Crippen molar-refractivity contribution < 1.29 is 14.3 Å². The average molecular weight is 294 g/mol. The van der Waals surface area contributed by atoms with E-state index in [0.29, 0.717) is 23.5 Å². The van der Waals surface area contributed by atoms with Gasteiger partial charge in [0.15, 0.2) is 0 Å². The van der Waals surface area contributed by atoms with Crippen LogP contribution in [0.2, 0.25) is 0 Å². The van der Waals surface area contributed by atoms with Crippen molar-refractivity contribution in [1.29, 1.82) is 0 Å². The lowest BCUT2D eigenvalue weighted by Gasteiger charge is -2.15. The molecule has 0 amide bonds. The van der Waals surface area contributed by atoms with E-state index >= 15 is 0 Å². The third-order valence-electron chi connectivity index (χ3n) is 4.29. The van der Waals surface area contributed by atoms with Gasteiger partial charge in [-0.15, -0.1) is 0 Å². The second kappa shape index (κ2) is 8.35. The number of ether oxygens (including phenoxy) is 1. The molecule has 0 saturated heterocycles. The molecule has 0 aromatic carbocycles. The number of rotatable bonds is 9. The Hall–Kier alpha value is -1.12. The molecule has 4 atom stereocenters. The lowest BCUT2D eigenvalue weighted by Crippen LogP contribution is -2.16. The van der Waals surface area contributed by atoms with Crippen LogP contribution >= 0.6 is 0 Å². The summed E-state index contributed by atoms with van der Waals surface area (Å²) in [5.41, 5.74) is 0. The average Bonchev–Trinajstić information content (AvgIpc) is 3.27. The summed E-state index contributed by atoms with van der Waals surface area (Å²) in [6.07, 6.45) is 8.26. The maximum atomic E-state index is 12.0. The summed E-state index contributed by atoms with van der Waals surface area (Å²) < 4.78 is 4.75. The van der Waals surface area contributed by atoms with Crippen molar-refractivity contribution >= 4 is 11.8 Å². The molecule has 0 aromatic rings. The molecule has 0 spiro atoms. The zero-order valence-corrected chi connectivity index (χ0v) is 14.1. The number of carbonyl (C=O) groups excluding carboxylic acids is 2. The number of carbonyl (C=O) groups is 2. The van der Waals surface area contributed by atoms with Gasteiger partial charge in [0.05, 0.1) is 13.0 Å². The molecule has 0 N–H and O–H groups in total. The number of hydrogen-bond donors (Lipinski definition) is 0. The fraction of sp³-hybridized carbons (Fsp3) is 0.778. The molecule has 0 radical (unpaired) electrons. The summed E-state index contributed by atoms with van der Waals surface area (Å²) in [5.74, 6) is 1.50. The molecule has 0 aliphatic heterocycles. The highest BCUT2D eigenvalue weighted by Crippen LogP contribution is 2.34. The van der Waals surface area contributed by atoms with Gasteiger partial charge in [-0.05, 0) is 37.5 Å². The first-order valence-corrected chi connectivity index (χ1v) is 8.15. The SMILES string of the molecule is COC(=O)C(C)CC(C)/C=C\C(C)CC(C)C(=O)C1CC1. The molecular formula is C18H30O3. The van der Waals surface area contributed by atoms with Gasteiger partial charge in [-0.3, -0.25) is 9.59 Å². The summed E-state index contributed by atoms with van der Waals surface area (Å²) in [4.78, 5) is 23.3. The lowest BCUT2D eigenvalue weighted by atomic mass is 9.90. The first kappa shape index (κ1) is 17.9. The van der Waals surface area contributed by atoms with Crippen molar-refractivity contribution in [3.8, 4) is 0 Å². The molecule has 1 fully saturated rings. The lowest BCUT2D eigenvalue weighted by molar-refractivity contribution is -0.145. The van der Waals surface area contributed by atoms with Crippen LogP contribution in [-0.2, 0) is 14.3 Å². The largest absolute Gasteiger partial charge is 0.469 e. The Labute approximate surface area is 129 Å². The molecule has 120 valence electrons. The minimum Gasteiger partial charge on any atom is -0.469 e. The van der Waals surface area contributed by atoms with E-state index in [4.69, 9.17) is 4.74 Å². The van der Waals surface area contributed by atoms with Crippen LogP contribution in [0.3, 0.4) is 0 Å². The zero-order valence-electron chi connectivity index (χ0n) is 14.1. The highest BCUT2D eigenvalue weighted by Gasteiger charge is 2.32. The quantitative estimate of drug-likeness (QED) is 0.476. The second-order valence-electron chi connectivity index (χ2n) is 6.81. The number of allylic oxidation sites excluding steroid dienone is 2. The van der Waals surface area contributed by atoms with E-state index in [-0.39, 0.29) is 17.8 Å². The molecule has 3 nitrogen and oxygen atoms in total. The normalized spacial score (nSPS) is 20.8. The molecule has 0 heterocycles. The Kier molecular flexibility index (Phi) is 7.13. The zero-order chi connectivity index (χ0) is 16.0. The predicted molar refractivity (Wildman–Crippen MR) is 84.8 cm³/mol. The number of esters is 1. The highest BCUT2D eigenvalue weighted by atomic mass is 16.5. The van der Waals surface area contributed by atoms with Crippen LogP contribution in [0.1, 0.15) is 53.4 Å². The van der Waals surface area contributed by atoms with Crippen molar-refractivity contribution in [2.45, 2.75) is 53.4 Å². The summed E-state index contributed by atoms with van der Waals surface area (Å²) in [5, 5.41) is 0. The number of ketones is 1. The standard InChI is InChI=1S/C18H30O3/c1-12(10-14(3)17(19)16-8-9-16)6-7-13(2)11-15(4)18(20)21-5/h6-7,12-16H,8-11H2,1-5H3/b7-6-. The van der Waals surface area contributed by atoms with Gasteiger partial charge in [0.2, 0.25) is 0 Å². The first-order chi connectivity index (χ1) is 9.85. The molecule has 4 unspecified atom stereocenters. The van der Waals surface area contributed by atoms with Gasteiger partial charge >= 0.3 is 5.97 Å². The monoisotopic (exact) mass is 294 g/mol. The minimum atomic E-state index is -0.146. The van der Waals surface area contributed by atoms with E-state index in [2.05, 4.69) is 26.0 Å². The number of methoxy groups -OCH3 is 1. The van der Waals surface area contributed by atoms with Crippen molar-refractivity contribution in [1.82, 2.24) is 0 Å². The van der Waals surface area contributed by atoms with Crippen molar-refractivity contribution in [3.05, 3.63) is 12.2 Å². The van der Waals surface area contributed by atoms with Crippen LogP contribution in [-0.4, -0.2) is 18.9 Å². The van der Waals surface area contributed by atoms with Crippen LogP contribution in [0.25, 0.3) is 0 Å². The van der Waals surface area contributed by atoms with Crippen LogP contribution < -0.4 is 0 Å². The third kappa shape index (κ3) is 6.45. The van der Waals surface area contributed by atoms with Crippen molar-refractivity contribution in [3.63, 3.8) is 0 Å². The fourth-order valence-electron chi connectivity index (χ4n) is 2.84. The van der Waals surface area contributed by atoms with Gasteiger partial charge in [-0.2, -0.15) is 0 Å². The number of Topliss-reactive ketones (excluding diaryl/α,β-unsaturated/α-hetero) is 1. The van der Waals surface area contributed by atoms with E-state index in [1.807, 2.05) is 13.8 Å². The van der Waals surface area contributed by atoms with Gasteiger partial charge in [0.1, 0.15) is 5.78 Å². The second-order valence-corrected chi connectivity index (χ2v) is 6.81. The Balaban J connectivity index is 2.33. The maximum absolute atomic E-state index is 12.0. The molecule has 21 heavy (non-hydrogen) atoms. The van der Waals surface area contributed by atoms with Gasteiger partial charge in [-0.1, -0.05) is 39.8 Å². The molecule has 1 rings (SSSR count). The summed E-state index contributed by atoms with van der Waals surface area (Å²) >= 11 is 0. The Morgan fingerprint density at radius 3 is 1.90 bits per heavy atom. The molecule has 0 bridgehead atoms. The molecule has 3 heteroatoms. The van der Waals surface area contributed by atoms with Crippen LogP contribution in [0, 0.1) is 29.6 Å². The predicted octanol–water partition coefficient (Wildman–Crippen LogP) is 4.02. The smallest absolute Gasteiger partial charge is 0.308 e. The fourth-order valence-corrected chi connectivity index (χ4v) is 2.84. The van der Waals surface area contributed by atoms with E-state index in [1.54, 1.807) is 0 Å². The molecule has 1 aliphatic rings. The summed E-state index contributed by atoms with van der Waals surface area (Å²) in [7, 11) is 1.43. The molecule has 1 aliphatic carbocycles. The molecule has 1 saturated carbocycles. The van der Waals surface area contributed by atoms with E-state index < -0.39 is 0 Å². The van der Waals surface area contributed by atoms with Gasteiger partial charge in [0, 0.05) is 11.8 Å². The topological polar surface area (TPSA) is 43.4 Å². The summed E-state index contributed by atoms with van der Waals surface area (Å²) in [6.45, 7) is 8.22. The Morgan fingerprint density at radius 1 is 1.00 bits per heavy atom. The van der Waals surface area contributed by atoms with Crippen LogP contribution in [0.5, 0.6) is 0 Å². The van der Waals surface area contributed by atoms with Crippen LogP contribution in [0.4, 0.5) is 0 Å². The van der Waals surface area contributed by atoms with E-state index in [0.717, 1.165) is 25.7 Å². The third-order valence-corrected chi connectivity index (χ3v) is 4.29. The maximum Gasteiger partial charge on any atom is 0.308 e. The van der Waals surface area contributed by atoms with E-state index in [1.165, 1.54) is 7.11 Å². The van der Waals surface area contributed by atoms with Crippen LogP contribution in [0.15, 0.2) is 12.2 Å². The Morgan fingerprint density at radius 2 is 1.48 bits per heavy atom. The van der Waals surface area contributed by atoms with Gasteiger partial charge in [-0.25, -0.2) is 0 Å². The van der Waals surface area contributed by atoms with Gasteiger partial charge < -0.3 is 4.74 Å². The minimum absolute atomic E-state index is 0.0691. The van der Waals surface area contributed by atoms with Crippen molar-refractivity contribution in [2.75, 3.05) is 7.11 Å². The first-order valence-electron chi connectivity index (χ1n) is 8.15. The highest BCUT2D eigenvalue weighted by molar-refractivity contribution is 5.85. The van der Waals surface area contributed by atoms with Gasteiger partial charge in [0.25, 0.3) is 0 Å². The summed E-state index contributed by atoms with van der Waals surface area (Å²) in [6, 6.07) is 0. The van der Waals surface area contributed by atoms with E-state index in [9.17, 15) is 9.59 Å². The Bertz CT molecular complexity index is 382. The molecular weight excluding hydrogens is 264 g/mol. The molecule has 0 aromatic heterocycles. The van der Waals surface area contributed by atoms with Crippen molar-refractivity contribution in [2.24, 2.45) is 29.6 Å².